The lowest BCUT2D eigenvalue weighted by atomic mass is 10.1. The summed E-state index contributed by atoms with van der Waals surface area (Å²) in [6, 6.07) is 7.18. The predicted molar refractivity (Wildman–Crippen MR) is 140 cm³/mol. The summed E-state index contributed by atoms with van der Waals surface area (Å²) in [5.41, 5.74) is -0.527. The molecule has 4 rings (SSSR count). The highest BCUT2D eigenvalue weighted by Crippen LogP contribution is 2.32. The number of nitrogens with zero attached hydrogens (tertiary/aromatic N) is 7. The van der Waals surface area contributed by atoms with E-state index in [2.05, 4.69) is 36.2 Å². The van der Waals surface area contributed by atoms with Gasteiger partial charge < -0.3 is 10.6 Å². The van der Waals surface area contributed by atoms with Crippen LogP contribution < -0.4 is 10.6 Å². The minimum absolute atomic E-state index is 0.00491. The van der Waals surface area contributed by atoms with Crippen LogP contribution in [0.1, 0.15) is 59.6 Å². The maximum atomic E-state index is 13.6. The first-order valence-corrected chi connectivity index (χ1v) is 12.3. The predicted octanol–water partition coefficient (Wildman–Crippen LogP) is 4.98. The molecule has 0 saturated carbocycles. The van der Waals surface area contributed by atoms with Crippen LogP contribution in [0.25, 0.3) is 5.82 Å². The molecule has 3 aromatic heterocycles. The third-order valence-electron chi connectivity index (χ3n) is 5.03. The molecule has 0 atom stereocenters. The van der Waals surface area contributed by atoms with Crippen molar-refractivity contribution in [1.82, 2.24) is 40.3 Å². The van der Waals surface area contributed by atoms with Gasteiger partial charge in [0.1, 0.15) is 5.69 Å². The Morgan fingerprint density at radius 3 is 2.49 bits per heavy atom. The summed E-state index contributed by atoms with van der Waals surface area (Å²) in [5, 5.41) is 20.3. The van der Waals surface area contributed by atoms with E-state index < -0.39 is 29.6 Å². The highest BCUT2D eigenvalue weighted by molar-refractivity contribution is 6.38. The van der Waals surface area contributed by atoms with Crippen LogP contribution in [-0.4, -0.2) is 52.3 Å². The largest absolute Gasteiger partial charge is 0.347 e. The van der Waals surface area contributed by atoms with E-state index in [-0.39, 0.29) is 50.1 Å². The molecular weight excluding hydrogens is 579 g/mol. The number of hydrogen-bond donors (Lipinski definition) is 2. The number of aromatic nitrogens is 7. The Morgan fingerprint density at radius 2 is 1.82 bits per heavy atom. The van der Waals surface area contributed by atoms with Gasteiger partial charge in [-0.3, -0.25) is 9.59 Å². The summed E-state index contributed by atoms with van der Waals surface area (Å²) in [5.74, 6) is -1.86. The van der Waals surface area contributed by atoms with E-state index in [0.717, 1.165) is 9.36 Å². The first-order chi connectivity index (χ1) is 18.3. The van der Waals surface area contributed by atoms with Gasteiger partial charge in [-0.15, -0.1) is 5.10 Å². The molecule has 0 radical (unpaired) electrons. The zero-order chi connectivity index (χ0) is 28.5. The summed E-state index contributed by atoms with van der Waals surface area (Å²) >= 11 is 18.8. The fraction of sp³-hybridized carbons (Fsp3) is 0.261. The fourth-order valence-electron chi connectivity index (χ4n) is 3.46. The van der Waals surface area contributed by atoms with Crippen molar-refractivity contribution in [2.75, 3.05) is 5.32 Å². The molecular formula is C23H20Cl3F2N9O2. The fourth-order valence-corrected chi connectivity index (χ4v) is 4.21. The zero-order valence-electron chi connectivity index (χ0n) is 20.6. The second-order valence-corrected chi connectivity index (χ2v) is 10.5. The van der Waals surface area contributed by atoms with Gasteiger partial charge in [0.05, 0.1) is 33.5 Å². The normalized spacial score (nSPS) is 11.6. The Kier molecular flexibility index (Phi) is 8.14. The van der Waals surface area contributed by atoms with E-state index in [1.54, 1.807) is 26.8 Å². The van der Waals surface area contributed by atoms with E-state index >= 15 is 0 Å². The maximum absolute atomic E-state index is 13.6. The van der Waals surface area contributed by atoms with Crippen molar-refractivity contribution in [3.63, 3.8) is 0 Å². The van der Waals surface area contributed by atoms with Crippen LogP contribution in [-0.2, 0) is 6.54 Å². The molecule has 3 heterocycles. The van der Waals surface area contributed by atoms with Crippen LogP contribution >= 0.6 is 34.8 Å². The van der Waals surface area contributed by atoms with Crippen LogP contribution in [0.2, 0.25) is 15.1 Å². The number of amides is 2. The summed E-state index contributed by atoms with van der Waals surface area (Å²) in [7, 11) is 0. The number of carbonyl (C=O) groups excluding carboxylic acids is 2. The van der Waals surface area contributed by atoms with Gasteiger partial charge in [0.15, 0.2) is 5.82 Å². The van der Waals surface area contributed by atoms with Crippen molar-refractivity contribution >= 4 is 52.3 Å². The van der Waals surface area contributed by atoms with E-state index in [1.165, 1.54) is 30.5 Å². The number of tetrazole rings is 1. The smallest absolute Gasteiger partial charge is 0.298 e. The lowest BCUT2D eigenvalue weighted by Gasteiger charge is -2.22. The number of pyridine rings is 1. The molecule has 1 aromatic carbocycles. The van der Waals surface area contributed by atoms with Gasteiger partial charge in [-0.05, 0) is 61.5 Å². The maximum Gasteiger partial charge on any atom is 0.298 e. The van der Waals surface area contributed by atoms with Crippen molar-refractivity contribution in [2.24, 2.45) is 0 Å². The second kappa shape index (κ2) is 11.2. The summed E-state index contributed by atoms with van der Waals surface area (Å²) < 4.78 is 28.5. The van der Waals surface area contributed by atoms with Crippen molar-refractivity contribution in [2.45, 2.75) is 39.3 Å². The summed E-state index contributed by atoms with van der Waals surface area (Å²) in [6.45, 7) is 5.08. The summed E-state index contributed by atoms with van der Waals surface area (Å²) in [6.07, 6.45) is -1.49. The topological polar surface area (TPSA) is 133 Å². The first-order valence-electron chi connectivity index (χ1n) is 11.2. The van der Waals surface area contributed by atoms with E-state index in [9.17, 15) is 18.4 Å². The second-order valence-electron chi connectivity index (χ2n) is 9.21. The number of carbonyl (C=O) groups is 2. The Hall–Kier alpha value is -3.68. The molecule has 0 bridgehead atoms. The Bertz CT molecular complexity index is 1550. The molecule has 0 saturated heterocycles. The minimum atomic E-state index is -2.93. The van der Waals surface area contributed by atoms with Gasteiger partial charge in [0.25, 0.3) is 18.2 Å². The number of anilines is 1. The summed E-state index contributed by atoms with van der Waals surface area (Å²) in [4.78, 5) is 30.8. The van der Waals surface area contributed by atoms with Crippen LogP contribution in [0.3, 0.4) is 0 Å². The van der Waals surface area contributed by atoms with Crippen molar-refractivity contribution in [1.29, 1.82) is 0 Å². The van der Waals surface area contributed by atoms with Crippen molar-refractivity contribution in [3.05, 3.63) is 74.4 Å². The number of alkyl halides is 2. The molecule has 0 aliphatic carbocycles. The molecule has 39 heavy (non-hydrogen) atoms. The van der Waals surface area contributed by atoms with Crippen LogP contribution in [0.5, 0.6) is 0 Å². The quantitative estimate of drug-likeness (QED) is 0.307. The van der Waals surface area contributed by atoms with Crippen molar-refractivity contribution in [3.8, 4) is 5.82 Å². The van der Waals surface area contributed by atoms with Crippen LogP contribution in [0.15, 0.2) is 36.5 Å². The van der Waals surface area contributed by atoms with Gasteiger partial charge >= 0.3 is 0 Å². The third kappa shape index (κ3) is 6.49. The molecule has 0 spiro atoms. The first kappa shape index (κ1) is 28.3. The SMILES string of the molecule is CC(C)(C)NC(=O)c1cc(Cl)cc(Cl)c1NC(=O)c1cc(Cn2nnnc2C(F)F)nn1-c1ncccc1Cl. The van der Waals surface area contributed by atoms with Gasteiger partial charge in [-0.1, -0.05) is 34.8 Å². The lowest BCUT2D eigenvalue weighted by molar-refractivity contribution is 0.0920. The number of nitrogens with one attached hydrogen (secondary N) is 2. The molecule has 0 aliphatic rings. The standard InChI is InChI=1S/C23H20Cl3F2N9O2/c1-23(2,3)31-21(38)13-7-11(24)8-15(26)17(13)30-22(39)16-9-12(10-36-20(18(27)28)32-34-35-36)33-37(16)19-14(25)5-4-6-29-19/h4-9,18H,10H2,1-3H3,(H,30,39)(H,31,38). The minimum Gasteiger partial charge on any atom is -0.347 e. The highest BCUT2D eigenvalue weighted by Gasteiger charge is 2.26. The number of benzene rings is 1. The van der Waals surface area contributed by atoms with E-state index in [4.69, 9.17) is 34.8 Å². The van der Waals surface area contributed by atoms with E-state index in [0.29, 0.717) is 0 Å². The molecule has 2 amide bonds. The monoisotopic (exact) mass is 597 g/mol. The molecule has 0 unspecified atom stereocenters. The number of hydrogen-bond acceptors (Lipinski definition) is 7. The van der Waals surface area contributed by atoms with Gasteiger partial charge in [-0.2, -0.15) is 5.10 Å². The molecule has 4 aromatic rings. The molecule has 0 aliphatic heterocycles. The van der Waals surface area contributed by atoms with E-state index in [1.807, 2.05) is 0 Å². The molecule has 0 fully saturated rings. The number of halogens is 5. The van der Waals surface area contributed by atoms with Crippen LogP contribution in [0, 0.1) is 0 Å². The number of rotatable bonds is 7. The lowest BCUT2D eigenvalue weighted by Crippen LogP contribution is -2.41. The average molecular weight is 599 g/mol. The van der Waals surface area contributed by atoms with Gasteiger partial charge in [0.2, 0.25) is 5.82 Å². The molecule has 204 valence electrons. The highest BCUT2D eigenvalue weighted by atomic mass is 35.5. The molecule has 11 nitrogen and oxygen atoms in total. The van der Waals surface area contributed by atoms with Crippen molar-refractivity contribution < 1.29 is 18.4 Å². The third-order valence-corrected chi connectivity index (χ3v) is 5.84. The van der Waals surface area contributed by atoms with Crippen LogP contribution in [0.4, 0.5) is 14.5 Å². The van der Waals surface area contributed by atoms with Gasteiger partial charge in [-0.25, -0.2) is 23.1 Å². The average Bonchev–Trinajstić information content (AvgIpc) is 3.47. The Labute approximate surface area is 235 Å². The molecule has 2 N–H and O–H groups in total. The Balaban J connectivity index is 1.76. The molecule has 16 heteroatoms. The van der Waals surface area contributed by atoms with Gasteiger partial charge in [0, 0.05) is 16.8 Å². The Morgan fingerprint density at radius 1 is 1.08 bits per heavy atom. The zero-order valence-corrected chi connectivity index (χ0v) is 22.9.